The Morgan fingerprint density at radius 3 is 2.26 bits per heavy atom. The standard InChI is InChI=1S/C14H7Cl2NO2/c15-6-1-2-7-8(5-6)14(19)11-9(16)3-4-10(17)12(11)13(7)18/h1-5H,17H2. The van der Waals surface area contributed by atoms with Gasteiger partial charge in [0.2, 0.25) is 0 Å². The van der Waals surface area contributed by atoms with E-state index in [4.69, 9.17) is 28.9 Å². The number of anilines is 1. The Labute approximate surface area is 118 Å². The van der Waals surface area contributed by atoms with Gasteiger partial charge in [-0.15, -0.1) is 0 Å². The maximum absolute atomic E-state index is 12.4. The third-order valence-electron chi connectivity index (χ3n) is 3.11. The van der Waals surface area contributed by atoms with Gasteiger partial charge < -0.3 is 5.73 Å². The molecule has 1 aliphatic rings. The molecular formula is C14H7Cl2NO2. The second-order valence-corrected chi connectivity index (χ2v) is 5.08. The minimum absolute atomic E-state index is 0.154. The SMILES string of the molecule is Nc1ccc(Cl)c2c1C(=O)c1ccc(Cl)cc1C2=O. The maximum Gasteiger partial charge on any atom is 0.196 e. The number of benzene rings is 2. The van der Waals surface area contributed by atoms with E-state index in [9.17, 15) is 9.59 Å². The highest BCUT2D eigenvalue weighted by atomic mass is 35.5. The van der Waals surface area contributed by atoms with Crippen LogP contribution in [0.3, 0.4) is 0 Å². The fourth-order valence-corrected chi connectivity index (χ4v) is 2.65. The van der Waals surface area contributed by atoms with Gasteiger partial charge in [-0.25, -0.2) is 0 Å². The number of hydrogen-bond acceptors (Lipinski definition) is 3. The first kappa shape index (κ1) is 12.2. The predicted octanol–water partition coefficient (Wildman–Crippen LogP) is 3.35. The van der Waals surface area contributed by atoms with E-state index < -0.39 is 0 Å². The molecule has 0 heterocycles. The van der Waals surface area contributed by atoms with Crippen LogP contribution in [-0.4, -0.2) is 11.6 Å². The van der Waals surface area contributed by atoms with Gasteiger partial charge in [-0.3, -0.25) is 9.59 Å². The number of nitrogens with two attached hydrogens (primary N) is 1. The van der Waals surface area contributed by atoms with E-state index in [1.807, 2.05) is 0 Å². The molecule has 0 saturated heterocycles. The van der Waals surface area contributed by atoms with Crippen molar-refractivity contribution < 1.29 is 9.59 Å². The summed E-state index contributed by atoms with van der Waals surface area (Å²) < 4.78 is 0. The topological polar surface area (TPSA) is 60.2 Å². The van der Waals surface area contributed by atoms with E-state index in [2.05, 4.69) is 0 Å². The van der Waals surface area contributed by atoms with Crippen molar-refractivity contribution in [3.05, 3.63) is 62.6 Å². The van der Waals surface area contributed by atoms with Crippen molar-refractivity contribution in [1.29, 1.82) is 0 Å². The first-order valence-corrected chi connectivity index (χ1v) is 6.23. The summed E-state index contributed by atoms with van der Waals surface area (Å²) in [6, 6.07) is 7.60. The molecule has 2 aromatic rings. The van der Waals surface area contributed by atoms with E-state index in [0.29, 0.717) is 10.6 Å². The number of halogens is 2. The molecule has 0 bridgehead atoms. The lowest BCUT2D eigenvalue weighted by Gasteiger charge is -2.19. The van der Waals surface area contributed by atoms with E-state index >= 15 is 0 Å². The summed E-state index contributed by atoms with van der Waals surface area (Å²) in [5.41, 5.74) is 6.93. The lowest BCUT2D eigenvalue weighted by Crippen LogP contribution is -2.22. The summed E-state index contributed by atoms with van der Waals surface area (Å²) in [5.74, 6) is -0.634. The van der Waals surface area contributed by atoms with Crippen molar-refractivity contribution in [3.63, 3.8) is 0 Å². The lowest BCUT2D eigenvalue weighted by atomic mass is 9.83. The van der Waals surface area contributed by atoms with Crippen molar-refractivity contribution in [3.8, 4) is 0 Å². The van der Waals surface area contributed by atoms with Crippen molar-refractivity contribution in [2.24, 2.45) is 0 Å². The largest absolute Gasteiger partial charge is 0.398 e. The summed E-state index contributed by atoms with van der Waals surface area (Å²) in [6.07, 6.45) is 0. The molecule has 0 aliphatic heterocycles. The van der Waals surface area contributed by atoms with Gasteiger partial charge in [-0.05, 0) is 30.3 Å². The molecule has 0 spiro atoms. The fourth-order valence-electron chi connectivity index (χ4n) is 2.23. The van der Waals surface area contributed by atoms with Gasteiger partial charge in [0.15, 0.2) is 11.6 Å². The smallest absolute Gasteiger partial charge is 0.196 e. The van der Waals surface area contributed by atoms with Crippen molar-refractivity contribution in [2.45, 2.75) is 0 Å². The van der Waals surface area contributed by atoms with Crippen LogP contribution in [0.15, 0.2) is 30.3 Å². The number of rotatable bonds is 0. The maximum atomic E-state index is 12.4. The second kappa shape index (κ2) is 4.08. The van der Waals surface area contributed by atoms with Gasteiger partial charge >= 0.3 is 0 Å². The molecular weight excluding hydrogens is 285 g/mol. The van der Waals surface area contributed by atoms with Crippen LogP contribution in [0, 0.1) is 0 Å². The number of carbonyl (C=O) groups is 2. The molecule has 0 atom stereocenters. The van der Waals surface area contributed by atoms with Crippen molar-refractivity contribution in [1.82, 2.24) is 0 Å². The third kappa shape index (κ3) is 1.66. The molecule has 3 rings (SSSR count). The molecule has 0 amide bonds. The van der Waals surface area contributed by atoms with E-state index in [1.54, 1.807) is 6.07 Å². The van der Waals surface area contributed by atoms with Gasteiger partial charge in [0.1, 0.15) is 0 Å². The molecule has 0 unspecified atom stereocenters. The molecule has 0 saturated carbocycles. The van der Waals surface area contributed by atoms with Gasteiger partial charge in [-0.2, -0.15) is 0 Å². The molecule has 0 aromatic heterocycles. The third-order valence-corrected chi connectivity index (χ3v) is 3.66. The summed E-state index contributed by atoms with van der Waals surface area (Å²) in [6.45, 7) is 0. The predicted molar refractivity (Wildman–Crippen MR) is 74.2 cm³/mol. The highest BCUT2D eigenvalue weighted by Gasteiger charge is 2.33. The molecule has 0 fully saturated rings. The number of carbonyl (C=O) groups excluding carboxylic acids is 2. The molecule has 19 heavy (non-hydrogen) atoms. The van der Waals surface area contributed by atoms with Crippen LogP contribution in [0.25, 0.3) is 0 Å². The van der Waals surface area contributed by atoms with Crippen molar-refractivity contribution >= 4 is 40.5 Å². The van der Waals surface area contributed by atoms with Crippen LogP contribution in [0.5, 0.6) is 0 Å². The Hall–Kier alpha value is -1.84. The Balaban J connectivity index is 2.39. The summed E-state index contributed by atoms with van der Waals surface area (Å²) in [5, 5.41) is 0.608. The van der Waals surface area contributed by atoms with E-state index in [0.717, 1.165) is 0 Å². The van der Waals surface area contributed by atoms with Crippen LogP contribution >= 0.6 is 23.2 Å². The highest BCUT2D eigenvalue weighted by molar-refractivity contribution is 6.40. The molecule has 2 N–H and O–H groups in total. The molecule has 1 aliphatic carbocycles. The zero-order valence-electron chi connectivity index (χ0n) is 9.54. The number of fused-ring (bicyclic) bond motifs is 2. The average Bonchev–Trinajstić information content (AvgIpc) is 2.38. The molecule has 2 aromatic carbocycles. The summed E-state index contributed by atoms with van der Waals surface area (Å²) in [4.78, 5) is 24.8. The minimum Gasteiger partial charge on any atom is -0.398 e. The summed E-state index contributed by atoms with van der Waals surface area (Å²) in [7, 11) is 0. The first-order chi connectivity index (χ1) is 9.00. The molecule has 0 radical (unpaired) electrons. The minimum atomic E-state index is -0.329. The molecule has 3 nitrogen and oxygen atoms in total. The van der Waals surface area contributed by atoms with Gasteiger partial charge in [0.25, 0.3) is 0 Å². The Bertz CT molecular complexity index is 753. The normalized spacial score (nSPS) is 13.2. The molecule has 94 valence electrons. The van der Waals surface area contributed by atoms with Gasteiger partial charge in [0.05, 0.1) is 16.1 Å². The van der Waals surface area contributed by atoms with Gasteiger partial charge in [0, 0.05) is 21.8 Å². The number of hydrogen-bond donors (Lipinski definition) is 1. The fraction of sp³-hybridized carbons (Fsp3) is 0. The monoisotopic (exact) mass is 291 g/mol. The average molecular weight is 292 g/mol. The van der Waals surface area contributed by atoms with Crippen LogP contribution in [0.2, 0.25) is 10.0 Å². The number of ketones is 2. The molecule has 5 heteroatoms. The Kier molecular flexibility index (Phi) is 2.62. The van der Waals surface area contributed by atoms with Crippen LogP contribution in [-0.2, 0) is 0 Å². The van der Waals surface area contributed by atoms with E-state index in [1.165, 1.54) is 24.3 Å². The zero-order chi connectivity index (χ0) is 13.7. The van der Waals surface area contributed by atoms with Crippen LogP contribution in [0.4, 0.5) is 5.69 Å². The Morgan fingerprint density at radius 2 is 1.53 bits per heavy atom. The first-order valence-electron chi connectivity index (χ1n) is 5.47. The zero-order valence-corrected chi connectivity index (χ0v) is 11.0. The highest BCUT2D eigenvalue weighted by Crippen LogP contribution is 2.35. The lowest BCUT2D eigenvalue weighted by molar-refractivity contribution is 0.0980. The Morgan fingerprint density at radius 1 is 0.842 bits per heavy atom. The van der Waals surface area contributed by atoms with Crippen LogP contribution < -0.4 is 5.73 Å². The summed E-state index contributed by atoms with van der Waals surface area (Å²) >= 11 is 11.9. The van der Waals surface area contributed by atoms with Gasteiger partial charge in [-0.1, -0.05) is 23.2 Å². The van der Waals surface area contributed by atoms with E-state index in [-0.39, 0.29) is 39.0 Å². The second-order valence-electron chi connectivity index (χ2n) is 4.23. The van der Waals surface area contributed by atoms with Crippen molar-refractivity contribution in [2.75, 3.05) is 5.73 Å². The quantitative estimate of drug-likeness (QED) is 0.646. The van der Waals surface area contributed by atoms with Crippen LogP contribution in [0.1, 0.15) is 31.8 Å². The number of nitrogen functional groups attached to an aromatic ring is 1.